The van der Waals surface area contributed by atoms with Gasteiger partial charge >= 0.3 is 0 Å². The molecule has 17 heavy (non-hydrogen) atoms. The average Bonchev–Trinajstić information content (AvgIpc) is 2.30. The molecule has 0 aliphatic carbocycles. The zero-order valence-corrected chi connectivity index (χ0v) is 11.5. The van der Waals surface area contributed by atoms with E-state index in [1.807, 2.05) is 0 Å². The normalized spacial score (nSPS) is 12.7. The lowest BCUT2D eigenvalue weighted by atomic mass is 9.97. The Morgan fingerprint density at radius 2 is 2.06 bits per heavy atom. The SMILES string of the molecule is CCCNC(CCOC)c1ccc(C)cc1C. The predicted molar refractivity (Wildman–Crippen MR) is 73.4 cm³/mol. The van der Waals surface area contributed by atoms with Crippen LogP contribution in [-0.4, -0.2) is 20.3 Å². The third kappa shape index (κ3) is 4.49. The van der Waals surface area contributed by atoms with Gasteiger partial charge in [-0.05, 0) is 44.4 Å². The molecule has 1 rings (SSSR count). The van der Waals surface area contributed by atoms with Crippen molar-refractivity contribution < 1.29 is 4.74 Å². The molecule has 1 aromatic carbocycles. The second-order valence-electron chi connectivity index (χ2n) is 4.65. The van der Waals surface area contributed by atoms with Crippen molar-refractivity contribution in [3.05, 3.63) is 34.9 Å². The number of ether oxygens (including phenoxy) is 1. The largest absolute Gasteiger partial charge is 0.385 e. The van der Waals surface area contributed by atoms with E-state index in [1.165, 1.54) is 16.7 Å². The number of methoxy groups -OCH3 is 1. The molecule has 0 saturated carbocycles. The van der Waals surface area contributed by atoms with Gasteiger partial charge in [0.1, 0.15) is 0 Å². The minimum absolute atomic E-state index is 0.412. The maximum atomic E-state index is 5.20. The summed E-state index contributed by atoms with van der Waals surface area (Å²) in [5.74, 6) is 0. The fraction of sp³-hybridized carbons (Fsp3) is 0.600. The van der Waals surface area contributed by atoms with Gasteiger partial charge in [0.2, 0.25) is 0 Å². The summed E-state index contributed by atoms with van der Waals surface area (Å²) in [6.45, 7) is 8.38. The van der Waals surface area contributed by atoms with E-state index in [4.69, 9.17) is 4.74 Å². The summed E-state index contributed by atoms with van der Waals surface area (Å²) in [6.07, 6.45) is 2.19. The molecule has 0 heterocycles. The molecule has 0 aliphatic heterocycles. The minimum Gasteiger partial charge on any atom is -0.385 e. The summed E-state index contributed by atoms with van der Waals surface area (Å²) in [5, 5.41) is 3.60. The van der Waals surface area contributed by atoms with Crippen molar-refractivity contribution in [1.82, 2.24) is 5.32 Å². The summed E-state index contributed by atoms with van der Waals surface area (Å²) in [7, 11) is 1.76. The van der Waals surface area contributed by atoms with Crippen molar-refractivity contribution >= 4 is 0 Å². The Labute approximate surface area is 105 Å². The molecule has 1 unspecified atom stereocenters. The summed E-state index contributed by atoms with van der Waals surface area (Å²) in [4.78, 5) is 0. The molecule has 0 aliphatic rings. The van der Waals surface area contributed by atoms with Crippen LogP contribution in [0.3, 0.4) is 0 Å². The van der Waals surface area contributed by atoms with Gasteiger partial charge in [0.05, 0.1) is 0 Å². The molecular formula is C15H25NO. The first-order valence-corrected chi connectivity index (χ1v) is 6.48. The Bertz CT molecular complexity index is 328. The van der Waals surface area contributed by atoms with E-state index >= 15 is 0 Å². The summed E-state index contributed by atoms with van der Waals surface area (Å²) >= 11 is 0. The van der Waals surface area contributed by atoms with Crippen molar-refractivity contribution in [2.24, 2.45) is 0 Å². The molecule has 0 fully saturated rings. The van der Waals surface area contributed by atoms with Crippen LogP contribution in [0.2, 0.25) is 0 Å². The van der Waals surface area contributed by atoms with Gasteiger partial charge in [-0.15, -0.1) is 0 Å². The molecule has 0 radical (unpaired) electrons. The van der Waals surface area contributed by atoms with Crippen LogP contribution in [0.5, 0.6) is 0 Å². The number of aryl methyl sites for hydroxylation is 2. The summed E-state index contributed by atoms with van der Waals surface area (Å²) in [5.41, 5.74) is 4.10. The van der Waals surface area contributed by atoms with Gasteiger partial charge in [0.15, 0.2) is 0 Å². The molecule has 1 aromatic rings. The molecule has 0 bridgehead atoms. The molecule has 1 atom stereocenters. The zero-order valence-electron chi connectivity index (χ0n) is 11.5. The second kappa shape index (κ2) is 7.46. The van der Waals surface area contributed by atoms with E-state index in [0.29, 0.717) is 6.04 Å². The molecule has 0 saturated heterocycles. The first-order valence-electron chi connectivity index (χ1n) is 6.48. The smallest absolute Gasteiger partial charge is 0.0480 e. The highest BCUT2D eigenvalue weighted by atomic mass is 16.5. The molecule has 2 nitrogen and oxygen atoms in total. The van der Waals surface area contributed by atoms with Gasteiger partial charge in [-0.1, -0.05) is 30.7 Å². The quantitative estimate of drug-likeness (QED) is 0.782. The van der Waals surface area contributed by atoms with Gasteiger partial charge in [0, 0.05) is 19.8 Å². The van der Waals surface area contributed by atoms with Gasteiger partial charge < -0.3 is 10.1 Å². The molecule has 1 N–H and O–H groups in total. The Morgan fingerprint density at radius 1 is 1.29 bits per heavy atom. The number of benzene rings is 1. The Balaban J connectivity index is 2.79. The highest BCUT2D eigenvalue weighted by Gasteiger charge is 2.12. The van der Waals surface area contributed by atoms with E-state index < -0.39 is 0 Å². The Kier molecular flexibility index (Phi) is 6.23. The van der Waals surface area contributed by atoms with E-state index in [1.54, 1.807) is 7.11 Å². The van der Waals surface area contributed by atoms with Crippen LogP contribution < -0.4 is 5.32 Å². The van der Waals surface area contributed by atoms with Crippen LogP contribution in [0.4, 0.5) is 0 Å². The van der Waals surface area contributed by atoms with Crippen LogP contribution >= 0.6 is 0 Å². The lowest BCUT2D eigenvalue weighted by molar-refractivity contribution is 0.183. The van der Waals surface area contributed by atoms with Crippen molar-refractivity contribution in [3.63, 3.8) is 0 Å². The number of hydrogen-bond acceptors (Lipinski definition) is 2. The molecule has 2 heteroatoms. The average molecular weight is 235 g/mol. The topological polar surface area (TPSA) is 21.3 Å². The molecular weight excluding hydrogens is 210 g/mol. The first-order chi connectivity index (χ1) is 8.19. The van der Waals surface area contributed by atoms with Crippen molar-refractivity contribution in [2.75, 3.05) is 20.3 Å². The fourth-order valence-corrected chi connectivity index (χ4v) is 2.14. The lowest BCUT2D eigenvalue weighted by Crippen LogP contribution is -2.24. The number of nitrogens with one attached hydrogen (secondary N) is 1. The molecule has 0 aromatic heterocycles. The fourth-order valence-electron chi connectivity index (χ4n) is 2.14. The van der Waals surface area contributed by atoms with E-state index in [-0.39, 0.29) is 0 Å². The second-order valence-corrected chi connectivity index (χ2v) is 4.65. The monoisotopic (exact) mass is 235 g/mol. The lowest BCUT2D eigenvalue weighted by Gasteiger charge is -2.21. The Morgan fingerprint density at radius 3 is 2.65 bits per heavy atom. The first kappa shape index (κ1) is 14.2. The van der Waals surface area contributed by atoms with Gasteiger partial charge in [-0.3, -0.25) is 0 Å². The van der Waals surface area contributed by atoms with Crippen molar-refractivity contribution in [1.29, 1.82) is 0 Å². The van der Waals surface area contributed by atoms with Gasteiger partial charge in [0.25, 0.3) is 0 Å². The minimum atomic E-state index is 0.412. The van der Waals surface area contributed by atoms with Crippen molar-refractivity contribution in [3.8, 4) is 0 Å². The van der Waals surface area contributed by atoms with Crippen LogP contribution in [0.1, 0.15) is 42.5 Å². The molecule has 96 valence electrons. The number of hydrogen-bond donors (Lipinski definition) is 1. The Hall–Kier alpha value is -0.860. The molecule has 0 amide bonds. The molecule has 0 spiro atoms. The zero-order chi connectivity index (χ0) is 12.7. The predicted octanol–water partition coefficient (Wildman–Crippen LogP) is 3.38. The van der Waals surface area contributed by atoms with Crippen LogP contribution in [-0.2, 0) is 4.74 Å². The number of rotatable bonds is 7. The third-order valence-electron chi connectivity index (χ3n) is 3.05. The van der Waals surface area contributed by atoms with Gasteiger partial charge in [-0.2, -0.15) is 0 Å². The van der Waals surface area contributed by atoms with Crippen LogP contribution in [0.25, 0.3) is 0 Å². The maximum absolute atomic E-state index is 5.20. The third-order valence-corrected chi connectivity index (χ3v) is 3.05. The van der Waals surface area contributed by atoms with Crippen LogP contribution in [0.15, 0.2) is 18.2 Å². The van der Waals surface area contributed by atoms with E-state index in [0.717, 1.165) is 26.0 Å². The van der Waals surface area contributed by atoms with E-state index in [2.05, 4.69) is 44.3 Å². The van der Waals surface area contributed by atoms with Crippen LogP contribution in [0, 0.1) is 13.8 Å². The van der Waals surface area contributed by atoms with Gasteiger partial charge in [-0.25, -0.2) is 0 Å². The van der Waals surface area contributed by atoms with E-state index in [9.17, 15) is 0 Å². The summed E-state index contributed by atoms with van der Waals surface area (Å²) < 4.78 is 5.20. The van der Waals surface area contributed by atoms with Crippen molar-refractivity contribution in [2.45, 2.75) is 39.7 Å². The standard InChI is InChI=1S/C15H25NO/c1-5-9-16-15(8-10-17-4)14-7-6-12(2)11-13(14)3/h6-7,11,15-16H,5,8-10H2,1-4H3. The summed E-state index contributed by atoms with van der Waals surface area (Å²) in [6, 6.07) is 7.10. The highest BCUT2D eigenvalue weighted by Crippen LogP contribution is 2.21. The maximum Gasteiger partial charge on any atom is 0.0480 e. The highest BCUT2D eigenvalue weighted by molar-refractivity contribution is 5.32.